The van der Waals surface area contributed by atoms with Crippen LogP contribution in [-0.2, 0) is 11.1 Å². The van der Waals surface area contributed by atoms with Gasteiger partial charge in [-0.15, -0.1) is 11.8 Å². The van der Waals surface area contributed by atoms with Crippen LogP contribution in [0.3, 0.4) is 0 Å². The summed E-state index contributed by atoms with van der Waals surface area (Å²) in [5.74, 6) is -0.0348. The lowest BCUT2D eigenvalue weighted by Gasteiger charge is -2.03. The van der Waals surface area contributed by atoms with Gasteiger partial charge in [0.2, 0.25) is 5.82 Å². The Morgan fingerprint density at radius 3 is 2.37 bits per heavy atom. The number of benzene rings is 2. The molecule has 0 saturated carbocycles. The third-order valence-electron chi connectivity index (χ3n) is 3.55. The van der Waals surface area contributed by atoms with Crippen molar-refractivity contribution in [3.05, 3.63) is 70.6 Å². The maximum Gasteiger partial charge on any atom is 0.400 e. The lowest BCUT2D eigenvalue weighted by atomic mass is 10.1. The number of hydrogen-bond acceptors (Lipinski definition) is 5. The molecule has 140 valence electrons. The van der Waals surface area contributed by atoms with Gasteiger partial charge in [0.1, 0.15) is 0 Å². The van der Waals surface area contributed by atoms with Gasteiger partial charge in [0, 0.05) is 21.9 Å². The van der Waals surface area contributed by atoms with Crippen molar-refractivity contribution in [2.75, 3.05) is 5.75 Å². The van der Waals surface area contributed by atoms with E-state index in [0.717, 1.165) is 5.56 Å². The predicted molar refractivity (Wildman–Crippen MR) is 101 cm³/mol. The fourth-order valence-electron chi connectivity index (χ4n) is 2.19. The van der Waals surface area contributed by atoms with E-state index in [-0.39, 0.29) is 11.6 Å². The zero-order valence-electron chi connectivity index (χ0n) is 13.7. The Morgan fingerprint density at radius 2 is 1.78 bits per heavy atom. The molecule has 0 amide bonds. The summed E-state index contributed by atoms with van der Waals surface area (Å²) in [5.41, 5.74) is 2.03. The fraction of sp³-hybridized carbons (Fsp3) is 0.167. The second-order valence-electron chi connectivity index (χ2n) is 5.54. The van der Waals surface area contributed by atoms with E-state index in [4.69, 9.17) is 23.2 Å². The highest BCUT2D eigenvalue weighted by atomic mass is 35.5. The van der Waals surface area contributed by atoms with Crippen LogP contribution in [0.5, 0.6) is 0 Å². The van der Waals surface area contributed by atoms with Crippen molar-refractivity contribution in [2.45, 2.75) is 11.1 Å². The molecule has 2 aromatic carbocycles. The van der Waals surface area contributed by atoms with Crippen LogP contribution in [-0.4, -0.2) is 21.7 Å². The summed E-state index contributed by atoms with van der Waals surface area (Å²) in [6.45, 7) is 0. The number of carbonyl (C=O) groups is 1. The van der Waals surface area contributed by atoms with Gasteiger partial charge in [0.25, 0.3) is 0 Å². The number of thioether (sulfide) groups is 1. The largest absolute Gasteiger partial charge is 0.400 e. The Labute approximate surface area is 167 Å². The predicted octanol–water partition coefficient (Wildman–Crippen LogP) is 5.79. The Kier molecular flexibility index (Phi) is 6.14. The minimum Gasteiger partial charge on any atom is -0.331 e. The summed E-state index contributed by atoms with van der Waals surface area (Å²) < 4.78 is 30.3. The van der Waals surface area contributed by atoms with Gasteiger partial charge in [-0.2, -0.15) is 13.8 Å². The van der Waals surface area contributed by atoms with Crippen molar-refractivity contribution in [1.29, 1.82) is 0 Å². The van der Waals surface area contributed by atoms with Crippen LogP contribution < -0.4 is 0 Å². The smallest absolute Gasteiger partial charge is 0.331 e. The second-order valence-corrected chi connectivity index (χ2v) is 7.44. The molecule has 0 saturated heterocycles. The van der Waals surface area contributed by atoms with Crippen LogP contribution in [0.15, 0.2) is 53.1 Å². The summed E-state index contributed by atoms with van der Waals surface area (Å²) in [6, 6.07) is 13.8. The second kappa shape index (κ2) is 8.37. The molecule has 0 spiro atoms. The van der Waals surface area contributed by atoms with Crippen molar-refractivity contribution in [1.82, 2.24) is 10.1 Å². The van der Waals surface area contributed by atoms with Gasteiger partial charge >= 0.3 is 11.3 Å². The van der Waals surface area contributed by atoms with E-state index < -0.39 is 11.3 Å². The van der Waals surface area contributed by atoms with Crippen LogP contribution in [0.2, 0.25) is 5.02 Å². The quantitative estimate of drug-likeness (QED) is 0.351. The third kappa shape index (κ3) is 5.28. The minimum atomic E-state index is -3.72. The van der Waals surface area contributed by atoms with Crippen molar-refractivity contribution < 1.29 is 18.1 Å². The fourth-order valence-corrected chi connectivity index (χ4v) is 3.27. The number of hydrogen-bond donors (Lipinski definition) is 0. The SMILES string of the molecule is O=C(CSCc1ccc(Cl)cc1)c1ccc(-c2noc(C(F)(F)Cl)n2)cc1. The number of ketones is 1. The highest BCUT2D eigenvalue weighted by Gasteiger charge is 2.35. The highest BCUT2D eigenvalue weighted by Crippen LogP contribution is 2.32. The first kappa shape index (κ1) is 19.8. The van der Waals surface area contributed by atoms with E-state index >= 15 is 0 Å². The molecule has 1 aromatic heterocycles. The Balaban J connectivity index is 1.58. The van der Waals surface area contributed by atoms with Gasteiger partial charge < -0.3 is 4.52 Å². The van der Waals surface area contributed by atoms with Gasteiger partial charge in [-0.1, -0.05) is 53.2 Å². The first-order valence-electron chi connectivity index (χ1n) is 7.69. The zero-order chi connectivity index (χ0) is 19.4. The topological polar surface area (TPSA) is 56.0 Å². The maximum absolute atomic E-state index is 12.9. The van der Waals surface area contributed by atoms with Crippen molar-refractivity contribution in [3.8, 4) is 11.4 Å². The molecule has 0 bridgehead atoms. The maximum atomic E-state index is 12.9. The van der Waals surface area contributed by atoms with Crippen LogP contribution in [0.4, 0.5) is 8.78 Å². The Morgan fingerprint density at radius 1 is 1.11 bits per heavy atom. The highest BCUT2D eigenvalue weighted by molar-refractivity contribution is 7.99. The van der Waals surface area contributed by atoms with Crippen molar-refractivity contribution in [3.63, 3.8) is 0 Å². The average Bonchev–Trinajstić information content (AvgIpc) is 3.14. The Hall–Kier alpha value is -1.96. The van der Waals surface area contributed by atoms with Gasteiger partial charge in [-0.25, -0.2) is 0 Å². The standard InChI is InChI=1S/C18H12Cl2F2N2O2S/c19-14-7-1-11(2-8-14)9-27-10-15(25)12-3-5-13(6-4-12)16-23-17(26-24-16)18(20,21)22/h1-8H,9-10H2. The molecule has 3 aromatic rings. The number of Topliss-reactive ketones (excluding diaryl/α,β-unsaturated/α-hetero) is 1. The molecule has 0 atom stereocenters. The molecule has 0 aliphatic carbocycles. The van der Waals surface area contributed by atoms with E-state index in [1.165, 1.54) is 11.8 Å². The number of aromatic nitrogens is 2. The van der Waals surface area contributed by atoms with Crippen LogP contribution in [0.1, 0.15) is 21.8 Å². The summed E-state index contributed by atoms with van der Waals surface area (Å²) >= 11 is 12.2. The number of nitrogens with zero attached hydrogens (tertiary/aromatic N) is 2. The molecule has 9 heteroatoms. The number of halogens is 4. The lowest BCUT2D eigenvalue weighted by molar-refractivity contribution is 0.0551. The number of rotatable bonds is 7. The zero-order valence-corrected chi connectivity index (χ0v) is 16.0. The van der Waals surface area contributed by atoms with E-state index in [1.807, 2.05) is 12.1 Å². The summed E-state index contributed by atoms with van der Waals surface area (Å²) in [7, 11) is 0. The molecule has 0 aliphatic heterocycles. The van der Waals surface area contributed by atoms with E-state index in [0.29, 0.717) is 27.7 Å². The molecule has 3 rings (SSSR count). The van der Waals surface area contributed by atoms with E-state index in [2.05, 4.69) is 14.7 Å². The molecule has 0 radical (unpaired) electrons. The van der Waals surface area contributed by atoms with Gasteiger partial charge in [-0.05, 0) is 29.3 Å². The summed E-state index contributed by atoms with van der Waals surface area (Å²) in [6.07, 6.45) is 0. The van der Waals surface area contributed by atoms with Gasteiger partial charge in [0.15, 0.2) is 5.78 Å². The molecule has 27 heavy (non-hydrogen) atoms. The number of alkyl halides is 3. The van der Waals surface area contributed by atoms with Crippen molar-refractivity contribution in [2.24, 2.45) is 0 Å². The van der Waals surface area contributed by atoms with Crippen LogP contribution in [0, 0.1) is 0 Å². The first-order chi connectivity index (χ1) is 12.8. The average molecular weight is 429 g/mol. The van der Waals surface area contributed by atoms with Gasteiger partial charge in [0.05, 0.1) is 5.75 Å². The molecular formula is C18H12Cl2F2N2O2S. The van der Waals surface area contributed by atoms with Crippen LogP contribution >= 0.6 is 35.0 Å². The Bertz CT molecular complexity index is 926. The third-order valence-corrected chi connectivity index (χ3v) is 4.97. The molecular weight excluding hydrogens is 417 g/mol. The molecule has 0 aliphatic rings. The molecule has 0 N–H and O–H groups in total. The van der Waals surface area contributed by atoms with E-state index in [9.17, 15) is 13.6 Å². The first-order valence-corrected chi connectivity index (χ1v) is 9.61. The minimum absolute atomic E-state index is 0.0264. The summed E-state index contributed by atoms with van der Waals surface area (Å²) in [4.78, 5) is 15.8. The molecule has 0 fully saturated rings. The van der Waals surface area contributed by atoms with E-state index in [1.54, 1.807) is 36.4 Å². The monoisotopic (exact) mass is 428 g/mol. The summed E-state index contributed by atoms with van der Waals surface area (Å²) in [5, 5.41) is 0.418. The molecule has 0 unspecified atom stereocenters. The molecule has 4 nitrogen and oxygen atoms in total. The van der Waals surface area contributed by atoms with Crippen molar-refractivity contribution >= 4 is 40.7 Å². The normalized spacial score (nSPS) is 11.6. The molecule has 1 heterocycles. The van der Waals surface area contributed by atoms with Gasteiger partial charge in [-0.3, -0.25) is 4.79 Å². The lowest BCUT2D eigenvalue weighted by Crippen LogP contribution is -2.03. The van der Waals surface area contributed by atoms with Crippen LogP contribution in [0.25, 0.3) is 11.4 Å². The number of carbonyl (C=O) groups excluding carboxylic acids is 1.